The van der Waals surface area contributed by atoms with Crippen LogP contribution >= 0.6 is 0 Å². The first-order chi connectivity index (χ1) is 12.1. The third-order valence-electron chi connectivity index (χ3n) is 6.25. The zero-order valence-corrected chi connectivity index (χ0v) is 14.8. The third kappa shape index (κ3) is 3.37. The molecule has 2 aliphatic heterocycles. The number of fused-ring (bicyclic) bond motifs is 1. The summed E-state index contributed by atoms with van der Waals surface area (Å²) in [5.74, 6) is 2.30. The van der Waals surface area contributed by atoms with Gasteiger partial charge in [0.1, 0.15) is 0 Å². The van der Waals surface area contributed by atoms with Crippen LogP contribution in [0.1, 0.15) is 48.0 Å². The van der Waals surface area contributed by atoms with E-state index in [9.17, 15) is 9.59 Å². The molecule has 2 atom stereocenters. The van der Waals surface area contributed by atoms with Gasteiger partial charge in [-0.3, -0.25) is 4.79 Å². The van der Waals surface area contributed by atoms with Crippen LogP contribution in [0.25, 0.3) is 0 Å². The third-order valence-corrected chi connectivity index (χ3v) is 6.25. The average Bonchev–Trinajstić information content (AvgIpc) is 2.83. The molecular weight excluding hydrogens is 314 g/mol. The number of urea groups is 1. The van der Waals surface area contributed by atoms with Gasteiger partial charge < -0.3 is 15.5 Å². The summed E-state index contributed by atoms with van der Waals surface area (Å²) >= 11 is 0. The minimum atomic E-state index is -0.0917. The Morgan fingerprint density at radius 3 is 2.28 bits per heavy atom. The van der Waals surface area contributed by atoms with Crippen LogP contribution in [0.15, 0.2) is 24.3 Å². The number of carbonyl (C=O) groups is 2. The number of amides is 3. The quantitative estimate of drug-likeness (QED) is 0.888. The minimum absolute atomic E-state index is 0.0774. The number of nitrogens with zero attached hydrogens (tertiary/aromatic N) is 1. The lowest BCUT2D eigenvalue weighted by molar-refractivity contribution is 0.0963. The molecule has 2 unspecified atom stereocenters. The van der Waals surface area contributed by atoms with Gasteiger partial charge in [0.05, 0.1) is 0 Å². The zero-order valence-electron chi connectivity index (χ0n) is 14.8. The maximum Gasteiger partial charge on any atom is 0.317 e. The highest BCUT2D eigenvalue weighted by molar-refractivity contribution is 5.93. The van der Waals surface area contributed by atoms with E-state index in [1.807, 2.05) is 12.1 Å². The van der Waals surface area contributed by atoms with Crippen LogP contribution in [0.4, 0.5) is 4.79 Å². The molecule has 2 heterocycles. The number of nitrogens with one attached hydrogen (secondary N) is 2. The summed E-state index contributed by atoms with van der Waals surface area (Å²) in [7, 11) is 1.62. The largest absolute Gasteiger partial charge is 0.355 e. The smallest absolute Gasteiger partial charge is 0.317 e. The van der Waals surface area contributed by atoms with Crippen molar-refractivity contribution in [2.24, 2.45) is 17.8 Å². The molecule has 1 aromatic carbocycles. The predicted molar refractivity (Wildman–Crippen MR) is 96.1 cm³/mol. The van der Waals surface area contributed by atoms with Crippen LogP contribution in [0.2, 0.25) is 0 Å². The van der Waals surface area contributed by atoms with Crippen molar-refractivity contribution in [1.82, 2.24) is 15.5 Å². The lowest BCUT2D eigenvalue weighted by Crippen LogP contribution is -2.47. The molecule has 0 aromatic heterocycles. The number of hydrogen-bond donors (Lipinski definition) is 2. The normalized spacial score (nSPS) is 30.0. The molecule has 5 heteroatoms. The Bertz CT molecular complexity index is 643. The van der Waals surface area contributed by atoms with Gasteiger partial charge in [-0.05, 0) is 67.6 Å². The summed E-state index contributed by atoms with van der Waals surface area (Å²) in [5.41, 5.74) is 1.65. The molecule has 1 aromatic rings. The SMILES string of the molecule is CNC(=O)c1ccc(CNC(=O)N2CC3CC4CC(C3)CC2C4)cc1. The highest BCUT2D eigenvalue weighted by Gasteiger charge is 2.43. The second kappa shape index (κ2) is 6.70. The van der Waals surface area contributed by atoms with Gasteiger partial charge in [0.2, 0.25) is 0 Å². The molecule has 4 fully saturated rings. The maximum absolute atomic E-state index is 12.8. The first-order valence-electron chi connectivity index (χ1n) is 9.48. The van der Waals surface area contributed by atoms with Crippen molar-refractivity contribution in [1.29, 1.82) is 0 Å². The van der Waals surface area contributed by atoms with Gasteiger partial charge in [-0.25, -0.2) is 4.79 Å². The number of hydrogen-bond acceptors (Lipinski definition) is 2. The van der Waals surface area contributed by atoms with Crippen LogP contribution in [0, 0.1) is 17.8 Å². The van der Waals surface area contributed by atoms with Gasteiger partial charge in [0, 0.05) is 31.7 Å². The van der Waals surface area contributed by atoms with Gasteiger partial charge in [0.25, 0.3) is 5.91 Å². The van der Waals surface area contributed by atoms with Crippen molar-refractivity contribution < 1.29 is 9.59 Å². The fourth-order valence-corrected chi connectivity index (χ4v) is 5.23. The van der Waals surface area contributed by atoms with Crippen LogP contribution in [0.3, 0.4) is 0 Å². The van der Waals surface area contributed by atoms with Gasteiger partial charge >= 0.3 is 6.03 Å². The van der Waals surface area contributed by atoms with Gasteiger partial charge in [0.15, 0.2) is 0 Å². The second-order valence-electron chi connectivity index (χ2n) is 8.02. The van der Waals surface area contributed by atoms with E-state index in [1.165, 1.54) is 32.1 Å². The molecule has 5 nitrogen and oxygen atoms in total. The summed E-state index contributed by atoms with van der Waals surface area (Å²) in [6.45, 7) is 1.44. The van der Waals surface area contributed by atoms with E-state index in [-0.39, 0.29) is 11.9 Å². The molecule has 4 bridgehead atoms. The highest BCUT2D eigenvalue weighted by atomic mass is 16.2. The van der Waals surface area contributed by atoms with Crippen molar-refractivity contribution in [3.05, 3.63) is 35.4 Å². The van der Waals surface area contributed by atoms with Crippen molar-refractivity contribution in [3.63, 3.8) is 0 Å². The average molecular weight is 341 g/mol. The molecule has 3 amide bonds. The van der Waals surface area contributed by atoms with E-state index in [2.05, 4.69) is 15.5 Å². The molecule has 0 radical (unpaired) electrons. The molecule has 2 aliphatic carbocycles. The first-order valence-corrected chi connectivity index (χ1v) is 9.48. The summed E-state index contributed by atoms with van der Waals surface area (Å²) < 4.78 is 0. The van der Waals surface area contributed by atoms with Crippen molar-refractivity contribution in [2.75, 3.05) is 13.6 Å². The summed E-state index contributed by atoms with van der Waals surface area (Å²) in [5, 5.41) is 5.70. The van der Waals surface area contributed by atoms with Crippen LogP contribution in [-0.4, -0.2) is 36.5 Å². The molecule has 5 rings (SSSR count). The Hall–Kier alpha value is -2.04. The zero-order chi connectivity index (χ0) is 17.4. The van der Waals surface area contributed by atoms with E-state index < -0.39 is 0 Å². The fraction of sp³-hybridized carbons (Fsp3) is 0.600. The predicted octanol–water partition coefficient (Wildman–Crippen LogP) is 2.77. The van der Waals surface area contributed by atoms with Crippen LogP contribution < -0.4 is 10.6 Å². The lowest BCUT2D eigenvalue weighted by Gasteiger charge is -2.38. The van der Waals surface area contributed by atoms with E-state index in [0.717, 1.165) is 23.9 Å². The number of carbonyl (C=O) groups excluding carboxylic acids is 2. The molecule has 2 N–H and O–H groups in total. The van der Waals surface area contributed by atoms with Gasteiger partial charge in [-0.1, -0.05) is 12.1 Å². The Labute approximate surface area is 149 Å². The Morgan fingerprint density at radius 1 is 1.00 bits per heavy atom. The Morgan fingerprint density at radius 2 is 1.64 bits per heavy atom. The lowest BCUT2D eigenvalue weighted by atomic mass is 9.68. The number of rotatable bonds is 3. The van der Waals surface area contributed by atoms with Crippen molar-refractivity contribution >= 4 is 11.9 Å². The Balaban J connectivity index is 1.37. The Kier molecular flexibility index (Phi) is 4.40. The van der Waals surface area contributed by atoms with E-state index in [0.29, 0.717) is 24.1 Å². The molecule has 4 aliphatic rings. The molecule has 25 heavy (non-hydrogen) atoms. The van der Waals surface area contributed by atoms with Crippen LogP contribution in [0.5, 0.6) is 0 Å². The van der Waals surface area contributed by atoms with Crippen LogP contribution in [-0.2, 0) is 6.54 Å². The molecule has 2 saturated carbocycles. The van der Waals surface area contributed by atoms with Crippen molar-refractivity contribution in [2.45, 2.75) is 44.7 Å². The van der Waals surface area contributed by atoms with E-state index in [1.54, 1.807) is 19.2 Å². The highest BCUT2D eigenvalue weighted by Crippen LogP contribution is 2.47. The first kappa shape index (κ1) is 16.4. The summed E-state index contributed by atoms with van der Waals surface area (Å²) in [6.07, 6.45) is 6.41. The molecule has 0 spiro atoms. The van der Waals surface area contributed by atoms with Gasteiger partial charge in [-0.2, -0.15) is 0 Å². The van der Waals surface area contributed by atoms with Crippen molar-refractivity contribution in [3.8, 4) is 0 Å². The fourth-order valence-electron chi connectivity index (χ4n) is 5.23. The van der Waals surface area contributed by atoms with Gasteiger partial charge in [-0.15, -0.1) is 0 Å². The molecule has 2 saturated heterocycles. The summed E-state index contributed by atoms with van der Waals surface area (Å²) in [6, 6.07) is 7.92. The minimum Gasteiger partial charge on any atom is -0.355 e. The maximum atomic E-state index is 12.8. The molecule has 134 valence electrons. The second-order valence-corrected chi connectivity index (χ2v) is 8.02. The monoisotopic (exact) mass is 341 g/mol. The van der Waals surface area contributed by atoms with E-state index in [4.69, 9.17) is 0 Å². The molecular formula is C20H27N3O2. The van der Waals surface area contributed by atoms with E-state index >= 15 is 0 Å². The standard InChI is InChI=1S/C20H27N3O2/c1-21-19(24)17-4-2-13(3-5-17)11-22-20(25)23-12-16-7-14-6-15(8-16)10-18(23)9-14/h2-5,14-16,18H,6-12H2,1H3,(H,21,24)(H,22,25). The summed E-state index contributed by atoms with van der Waals surface area (Å²) in [4.78, 5) is 26.5. The number of benzene rings is 1. The topological polar surface area (TPSA) is 61.4 Å².